The molecule has 0 spiro atoms. The van der Waals surface area contributed by atoms with E-state index in [9.17, 15) is 5.11 Å². The second-order valence-electron chi connectivity index (χ2n) is 5.06. The van der Waals surface area contributed by atoms with Crippen LogP contribution in [0.1, 0.15) is 84.5 Å². The van der Waals surface area contributed by atoms with Gasteiger partial charge in [0.05, 0.1) is 6.61 Å². The Morgan fingerprint density at radius 3 is 1.50 bits per heavy atom. The molecule has 0 unspecified atom stereocenters. The van der Waals surface area contributed by atoms with Crippen molar-refractivity contribution in [2.45, 2.75) is 84.5 Å². The molecular weight excluding hydrogens is 196 g/mol. The van der Waals surface area contributed by atoms with E-state index in [1.165, 1.54) is 57.8 Å². The molecule has 0 fully saturated rings. The second-order valence-corrected chi connectivity index (χ2v) is 5.06. The molecule has 0 atom stereocenters. The van der Waals surface area contributed by atoms with E-state index in [1.807, 2.05) is 0 Å². The summed E-state index contributed by atoms with van der Waals surface area (Å²) in [5.41, 5.74) is 0. The van der Waals surface area contributed by atoms with Crippen LogP contribution < -0.4 is 0 Å². The van der Waals surface area contributed by atoms with E-state index in [0.717, 1.165) is 18.8 Å². The van der Waals surface area contributed by atoms with E-state index >= 15 is 0 Å². The zero-order valence-electron chi connectivity index (χ0n) is 11.5. The molecule has 0 aromatic heterocycles. The largest absolute Gasteiger partial charge is 0.237 e. The molecule has 0 saturated carbocycles. The zero-order chi connectivity index (χ0) is 12.1. The van der Waals surface area contributed by atoms with E-state index < -0.39 is 0 Å². The standard InChI is InChI=1S/C15H31O/c1-3-5-7-11-15(12-8-6-4-2)13-9-10-14-16/h15H,3-14H2,1-2H3. The Kier molecular flexibility index (Phi) is 13.0. The molecule has 0 heterocycles. The van der Waals surface area contributed by atoms with E-state index in [0.29, 0.717) is 0 Å². The lowest BCUT2D eigenvalue weighted by atomic mass is 9.90. The van der Waals surface area contributed by atoms with Crippen LogP contribution in [-0.4, -0.2) is 6.61 Å². The molecule has 0 aromatic carbocycles. The van der Waals surface area contributed by atoms with Crippen molar-refractivity contribution in [1.82, 2.24) is 0 Å². The predicted molar refractivity (Wildman–Crippen MR) is 71.2 cm³/mol. The first kappa shape index (κ1) is 16.0. The highest BCUT2D eigenvalue weighted by Crippen LogP contribution is 2.22. The van der Waals surface area contributed by atoms with Crippen LogP contribution in [-0.2, 0) is 5.11 Å². The van der Waals surface area contributed by atoms with Crippen molar-refractivity contribution < 1.29 is 5.11 Å². The first-order chi connectivity index (χ1) is 7.85. The van der Waals surface area contributed by atoms with Gasteiger partial charge in [0.2, 0.25) is 0 Å². The molecule has 97 valence electrons. The van der Waals surface area contributed by atoms with Crippen molar-refractivity contribution in [3.63, 3.8) is 0 Å². The van der Waals surface area contributed by atoms with Gasteiger partial charge in [-0.15, -0.1) is 0 Å². The van der Waals surface area contributed by atoms with Crippen LogP contribution in [0.3, 0.4) is 0 Å². The molecular formula is C15H31O. The van der Waals surface area contributed by atoms with Gasteiger partial charge in [0.25, 0.3) is 0 Å². The van der Waals surface area contributed by atoms with Crippen LogP contribution in [0, 0.1) is 5.92 Å². The Morgan fingerprint density at radius 1 is 0.688 bits per heavy atom. The van der Waals surface area contributed by atoms with Gasteiger partial charge in [0.15, 0.2) is 0 Å². The van der Waals surface area contributed by atoms with Gasteiger partial charge in [-0.1, -0.05) is 78.1 Å². The average molecular weight is 227 g/mol. The van der Waals surface area contributed by atoms with E-state index in [-0.39, 0.29) is 6.61 Å². The summed E-state index contributed by atoms with van der Waals surface area (Å²) >= 11 is 0. The number of hydrogen-bond acceptors (Lipinski definition) is 0. The molecule has 0 bridgehead atoms. The summed E-state index contributed by atoms with van der Waals surface area (Å²) in [4.78, 5) is 0. The zero-order valence-corrected chi connectivity index (χ0v) is 11.5. The summed E-state index contributed by atoms with van der Waals surface area (Å²) in [6.45, 7) is 4.66. The molecule has 0 rings (SSSR count). The van der Waals surface area contributed by atoms with Gasteiger partial charge >= 0.3 is 0 Å². The van der Waals surface area contributed by atoms with Crippen molar-refractivity contribution >= 4 is 0 Å². The van der Waals surface area contributed by atoms with Gasteiger partial charge in [-0.05, 0) is 12.3 Å². The fourth-order valence-electron chi connectivity index (χ4n) is 2.33. The molecule has 16 heavy (non-hydrogen) atoms. The molecule has 0 saturated heterocycles. The molecule has 0 aliphatic heterocycles. The first-order valence-corrected chi connectivity index (χ1v) is 7.43. The van der Waals surface area contributed by atoms with Crippen LogP contribution in [0.4, 0.5) is 0 Å². The lowest BCUT2D eigenvalue weighted by Crippen LogP contribution is -2.01. The van der Waals surface area contributed by atoms with Gasteiger partial charge in [-0.25, -0.2) is 5.11 Å². The summed E-state index contributed by atoms with van der Waals surface area (Å²) in [6.07, 6.45) is 14.3. The Bertz CT molecular complexity index is 98.8. The summed E-state index contributed by atoms with van der Waals surface area (Å²) in [5, 5.41) is 10.4. The topological polar surface area (TPSA) is 19.9 Å². The van der Waals surface area contributed by atoms with Crippen LogP contribution in [0.25, 0.3) is 0 Å². The SMILES string of the molecule is CCCCCC(CCCCC)CCCC[O]. The number of rotatable bonds is 12. The second kappa shape index (κ2) is 13.0. The number of unbranched alkanes of at least 4 members (excludes halogenated alkanes) is 5. The van der Waals surface area contributed by atoms with Gasteiger partial charge in [-0.2, -0.15) is 0 Å². The highest BCUT2D eigenvalue weighted by molar-refractivity contribution is 4.61. The van der Waals surface area contributed by atoms with Crippen LogP contribution in [0.2, 0.25) is 0 Å². The monoisotopic (exact) mass is 227 g/mol. The van der Waals surface area contributed by atoms with Crippen LogP contribution in [0.5, 0.6) is 0 Å². The number of hydrogen-bond donors (Lipinski definition) is 0. The summed E-state index contributed by atoms with van der Waals surface area (Å²) in [5.74, 6) is 0.907. The third-order valence-electron chi connectivity index (χ3n) is 3.44. The van der Waals surface area contributed by atoms with Crippen LogP contribution in [0.15, 0.2) is 0 Å². The minimum absolute atomic E-state index is 0.122. The van der Waals surface area contributed by atoms with Crippen molar-refractivity contribution in [3.05, 3.63) is 0 Å². The molecule has 1 heteroatoms. The Labute approximate surface area is 103 Å². The normalized spacial score (nSPS) is 11.2. The third-order valence-corrected chi connectivity index (χ3v) is 3.44. The molecule has 1 nitrogen and oxygen atoms in total. The summed E-state index contributed by atoms with van der Waals surface area (Å²) in [7, 11) is 0. The van der Waals surface area contributed by atoms with E-state index in [4.69, 9.17) is 0 Å². The first-order valence-electron chi connectivity index (χ1n) is 7.43. The Morgan fingerprint density at radius 2 is 1.12 bits per heavy atom. The fraction of sp³-hybridized carbons (Fsp3) is 1.00. The lowest BCUT2D eigenvalue weighted by molar-refractivity contribution is 0.183. The van der Waals surface area contributed by atoms with Gasteiger partial charge < -0.3 is 0 Å². The lowest BCUT2D eigenvalue weighted by Gasteiger charge is -2.16. The maximum Gasteiger partial charge on any atom is 0.0822 e. The van der Waals surface area contributed by atoms with E-state index in [2.05, 4.69) is 13.8 Å². The van der Waals surface area contributed by atoms with Gasteiger partial charge in [-0.3, -0.25) is 0 Å². The van der Waals surface area contributed by atoms with E-state index in [1.54, 1.807) is 0 Å². The predicted octanol–water partition coefficient (Wildman–Crippen LogP) is 5.36. The fourth-order valence-corrected chi connectivity index (χ4v) is 2.33. The smallest absolute Gasteiger partial charge is 0.0822 e. The van der Waals surface area contributed by atoms with Gasteiger partial charge in [0, 0.05) is 0 Å². The molecule has 1 radical (unpaired) electrons. The highest BCUT2D eigenvalue weighted by atomic mass is 16.2. The van der Waals surface area contributed by atoms with Crippen molar-refractivity contribution in [2.75, 3.05) is 6.61 Å². The summed E-state index contributed by atoms with van der Waals surface area (Å²) < 4.78 is 0. The molecule has 0 aliphatic rings. The Balaban J connectivity index is 3.58. The maximum absolute atomic E-state index is 10.4. The molecule has 0 aliphatic carbocycles. The minimum atomic E-state index is 0.122. The van der Waals surface area contributed by atoms with Crippen molar-refractivity contribution in [2.24, 2.45) is 5.92 Å². The molecule has 0 aromatic rings. The molecule has 0 amide bonds. The van der Waals surface area contributed by atoms with Crippen molar-refractivity contribution in [3.8, 4) is 0 Å². The average Bonchev–Trinajstić information content (AvgIpc) is 2.29. The third kappa shape index (κ3) is 10.5. The van der Waals surface area contributed by atoms with Gasteiger partial charge in [0.1, 0.15) is 0 Å². The highest BCUT2D eigenvalue weighted by Gasteiger charge is 2.07. The summed E-state index contributed by atoms with van der Waals surface area (Å²) in [6, 6.07) is 0. The minimum Gasteiger partial charge on any atom is -0.237 e. The van der Waals surface area contributed by atoms with Crippen LogP contribution >= 0.6 is 0 Å². The Hall–Kier alpha value is -0.0400. The maximum atomic E-state index is 10.4. The quantitative estimate of drug-likeness (QED) is 0.400. The molecule has 0 N–H and O–H groups in total. The van der Waals surface area contributed by atoms with Crippen molar-refractivity contribution in [1.29, 1.82) is 0 Å².